The van der Waals surface area contributed by atoms with Gasteiger partial charge < -0.3 is 15.4 Å². The third kappa shape index (κ3) is 1.73. The van der Waals surface area contributed by atoms with Gasteiger partial charge in [-0.2, -0.15) is 0 Å². The van der Waals surface area contributed by atoms with Gasteiger partial charge in [0.1, 0.15) is 11.6 Å². The number of rotatable bonds is 1. The number of nitrogens with two attached hydrogens (primary N) is 1. The Hall–Kier alpha value is -1.75. The lowest BCUT2D eigenvalue weighted by Gasteiger charge is -2.01. The van der Waals surface area contributed by atoms with Crippen molar-refractivity contribution in [2.24, 2.45) is 0 Å². The summed E-state index contributed by atoms with van der Waals surface area (Å²) >= 11 is 5.56. The van der Waals surface area contributed by atoms with Crippen LogP contribution in [0.25, 0.3) is 11.3 Å². The van der Waals surface area contributed by atoms with E-state index in [9.17, 15) is 9.50 Å². The topological polar surface area (TPSA) is 72.3 Å². The van der Waals surface area contributed by atoms with Crippen molar-refractivity contribution in [1.29, 1.82) is 0 Å². The summed E-state index contributed by atoms with van der Waals surface area (Å²) < 4.78 is 17.7. The Kier molecular flexibility index (Phi) is 2.24. The van der Waals surface area contributed by atoms with Crippen LogP contribution in [0.4, 0.5) is 10.2 Å². The minimum absolute atomic E-state index is 0.113. The first-order valence-electron chi connectivity index (χ1n) is 3.98. The van der Waals surface area contributed by atoms with E-state index in [4.69, 9.17) is 21.9 Å². The van der Waals surface area contributed by atoms with E-state index in [-0.39, 0.29) is 27.9 Å². The van der Waals surface area contributed by atoms with Gasteiger partial charge in [-0.1, -0.05) is 16.8 Å². The van der Waals surface area contributed by atoms with Crippen LogP contribution in [0.15, 0.2) is 22.7 Å². The van der Waals surface area contributed by atoms with Gasteiger partial charge in [0, 0.05) is 12.1 Å². The Bertz CT molecular complexity index is 513. The zero-order valence-corrected chi connectivity index (χ0v) is 8.12. The van der Waals surface area contributed by atoms with Crippen LogP contribution in [0.5, 0.6) is 5.75 Å². The second-order valence-corrected chi connectivity index (χ2v) is 3.31. The molecule has 3 N–H and O–H groups in total. The van der Waals surface area contributed by atoms with Crippen LogP contribution in [0.3, 0.4) is 0 Å². The normalized spacial score (nSPS) is 10.5. The molecule has 0 spiro atoms. The Morgan fingerprint density at radius 1 is 1.40 bits per heavy atom. The molecule has 4 nitrogen and oxygen atoms in total. The lowest BCUT2D eigenvalue weighted by Crippen LogP contribution is -1.82. The maximum Gasteiger partial charge on any atom is 0.172 e. The molecule has 0 amide bonds. The van der Waals surface area contributed by atoms with Crippen molar-refractivity contribution >= 4 is 17.4 Å². The molecule has 0 radical (unpaired) electrons. The lowest BCUT2D eigenvalue weighted by atomic mass is 10.1. The number of hydrogen-bond donors (Lipinski definition) is 2. The Balaban J connectivity index is 2.58. The molecule has 2 aromatic rings. The second-order valence-electron chi connectivity index (χ2n) is 2.90. The molecule has 0 aliphatic rings. The summed E-state index contributed by atoms with van der Waals surface area (Å²) in [7, 11) is 0. The quantitative estimate of drug-likeness (QED) is 0.786. The van der Waals surface area contributed by atoms with Gasteiger partial charge in [0.15, 0.2) is 11.6 Å². The molecule has 0 unspecified atom stereocenters. The zero-order valence-electron chi connectivity index (χ0n) is 7.37. The smallest absolute Gasteiger partial charge is 0.172 e. The predicted octanol–water partition coefficient (Wildman–Crippen LogP) is 2.42. The Labute approximate surface area is 89.1 Å². The fourth-order valence-electron chi connectivity index (χ4n) is 1.15. The van der Waals surface area contributed by atoms with E-state index in [0.717, 1.165) is 6.07 Å². The van der Waals surface area contributed by atoms with Crippen molar-refractivity contribution in [2.45, 2.75) is 0 Å². The van der Waals surface area contributed by atoms with Gasteiger partial charge in [-0.05, 0) is 6.07 Å². The first-order chi connectivity index (χ1) is 7.08. The highest BCUT2D eigenvalue weighted by molar-refractivity contribution is 6.31. The second kappa shape index (κ2) is 3.43. The van der Waals surface area contributed by atoms with E-state index in [1.165, 1.54) is 12.1 Å². The number of halogens is 2. The monoisotopic (exact) mass is 228 g/mol. The van der Waals surface area contributed by atoms with E-state index in [0.29, 0.717) is 0 Å². The number of anilines is 1. The summed E-state index contributed by atoms with van der Waals surface area (Å²) in [6, 6.07) is 3.55. The third-order valence-electron chi connectivity index (χ3n) is 1.83. The van der Waals surface area contributed by atoms with Gasteiger partial charge in [0.25, 0.3) is 0 Å². The molecule has 0 bridgehead atoms. The summed E-state index contributed by atoms with van der Waals surface area (Å²) in [6.45, 7) is 0. The first-order valence-corrected chi connectivity index (χ1v) is 4.36. The van der Waals surface area contributed by atoms with Crippen molar-refractivity contribution in [3.8, 4) is 17.1 Å². The molecular formula is C9H6ClFN2O2. The van der Waals surface area contributed by atoms with Crippen molar-refractivity contribution in [1.82, 2.24) is 5.16 Å². The largest absolute Gasteiger partial charge is 0.507 e. The zero-order chi connectivity index (χ0) is 11.0. The number of phenolic OH excluding ortho intramolecular Hbond substituents is 1. The minimum Gasteiger partial charge on any atom is -0.507 e. The van der Waals surface area contributed by atoms with Crippen LogP contribution in [0.1, 0.15) is 0 Å². The van der Waals surface area contributed by atoms with Crippen molar-refractivity contribution in [2.75, 3.05) is 5.73 Å². The summed E-state index contributed by atoms with van der Waals surface area (Å²) in [5.41, 5.74) is 5.58. The number of nitrogen functional groups attached to an aromatic ring is 1. The highest BCUT2D eigenvalue weighted by Crippen LogP contribution is 2.33. The molecule has 6 heteroatoms. The van der Waals surface area contributed by atoms with Crippen LogP contribution < -0.4 is 5.73 Å². The lowest BCUT2D eigenvalue weighted by molar-refractivity contribution is 0.428. The molecule has 0 saturated carbocycles. The number of aromatic hydroxyl groups is 1. The van der Waals surface area contributed by atoms with Gasteiger partial charge in [-0.15, -0.1) is 0 Å². The molecule has 0 atom stereocenters. The number of benzene rings is 1. The molecule has 1 aromatic carbocycles. The van der Waals surface area contributed by atoms with E-state index in [1.807, 2.05) is 0 Å². The molecule has 2 rings (SSSR count). The highest BCUT2D eigenvalue weighted by atomic mass is 35.5. The summed E-state index contributed by atoms with van der Waals surface area (Å²) in [4.78, 5) is 0. The van der Waals surface area contributed by atoms with E-state index >= 15 is 0 Å². The maximum absolute atomic E-state index is 12.9. The molecule has 0 aliphatic heterocycles. The van der Waals surface area contributed by atoms with Crippen molar-refractivity contribution in [3.63, 3.8) is 0 Å². The average molecular weight is 229 g/mol. The average Bonchev–Trinajstić information content (AvgIpc) is 2.58. The van der Waals surface area contributed by atoms with Crippen molar-refractivity contribution in [3.05, 3.63) is 29.0 Å². The molecule has 0 aliphatic carbocycles. The molecular weight excluding hydrogens is 223 g/mol. The SMILES string of the molecule is Nc1cc(-c2cc(Cl)c(F)cc2O)on1. The molecule has 1 heterocycles. The molecule has 15 heavy (non-hydrogen) atoms. The molecule has 0 fully saturated rings. The van der Waals surface area contributed by atoms with Crippen molar-refractivity contribution < 1.29 is 14.0 Å². The standard InChI is InChI=1S/C9H6ClFN2O2/c10-5-1-4(7(14)2-6(5)11)8-3-9(12)13-15-8/h1-3,14H,(H2,12,13). The summed E-state index contributed by atoms with van der Waals surface area (Å²) in [6.07, 6.45) is 0. The number of nitrogens with zero attached hydrogens (tertiary/aromatic N) is 1. The fraction of sp³-hybridized carbons (Fsp3) is 0. The third-order valence-corrected chi connectivity index (χ3v) is 2.12. The van der Waals surface area contributed by atoms with Gasteiger partial charge >= 0.3 is 0 Å². The maximum atomic E-state index is 12.9. The van der Waals surface area contributed by atoms with Crippen LogP contribution in [0, 0.1) is 5.82 Å². The summed E-state index contributed by atoms with van der Waals surface area (Å²) in [5.74, 6) is -0.588. The van der Waals surface area contributed by atoms with Gasteiger partial charge in [0.05, 0.1) is 10.6 Å². The Morgan fingerprint density at radius 2 is 2.13 bits per heavy atom. The predicted molar refractivity (Wildman–Crippen MR) is 53.0 cm³/mol. The van der Waals surface area contributed by atoms with E-state index in [2.05, 4.69) is 5.16 Å². The first kappa shape index (κ1) is 9.79. The molecule has 1 aromatic heterocycles. The van der Waals surface area contributed by atoms with Crippen LogP contribution in [-0.4, -0.2) is 10.3 Å². The van der Waals surface area contributed by atoms with Gasteiger partial charge in [-0.3, -0.25) is 0 Å². The van der Waals surface area contributed by atoms with Crippen LogP contribution in [0.2, 0.25) is 5.02 Å². The fourth-order valence-corrected chi connectivity index (χ4v) is 1.31. The van der Waals surface area contributed by atoms with Gasteiger partial charge in [-0.25, -0.2) is 4.39 Å². The van der Waals surface area contributed by atoms with Gasteiger partial charge in [0.2, 0.25) is 0 Å². The molecule has 78 valence electrons. The van der Waals surface area contributed by atoms with E-state index < -0.39 is 5.82 Å². The highest BCUT2D eigenvalue weighted by Gasteiger charge is 2.13. The number of phenols is 1. The molecule has 0 saturated heterocycles. The minimum atomic E-state index is -0.703. The Morgan fingerprint density at radius 3 is 2.73 bits per heavy atom. The van der Waals surface area contributed by atoms with E-state index in [1.54, 1.807) is 0 Å². The number of aromatic nitrogens is 1. The summed E-state index contributed by atoms with van der Waals surface area (Å²) in [5, 5.41) is 12.8. The van der Waals surface area contributed by atoms with Crippen LogP contribution in [-0.2, 0) is 0 Å². The number of hydrogen-bond acceptors (Lipinski definition) is 4. The van der Waals surface area contributed by atoms with Crippen LogP contribution >= 0.6 is 11.6 Å².